The molecule has 0 bridgehead atoms. The molecule has 29 heavy (non-hydrogen) atoms. The minimum atomic E-state index is -0.762. The Kier molecular flexibility index (Phi) is 6.00. The van der Waals surface area contributed by atoms with Gasteiger partial charge in [-0.2, -0.15) is 5.26 Å². The van der Waals surface area contributed by atoms with Gasteiger partial charge in [0.2, 0.25) is 11.8 Å². The van der Waals surface area contributed by atoms with Crippen LogP contribution in [-0.4, -0.2) is 21.4 Å². The van der Waals surface area contributed by atoms with Gasteiger partial charge in [-0.25, -0.2) is 0 Å². The van der Waals surface area contributed by atoms with E-state index in [4.69, 9.17) is 4.42 Å². The molecule has 0 saturated carbocycles. The summed E-state index contributed by atoms with van der Waals surface area (Å²) in [5.41, 5.74) is 5.36. The topological polar surface area (TPSA) is 95.0 Å². The van der Waals surface area contributed by atoms with Crippen LogP contribution in [-0.2, 0) is 0 Å². The summed E-state index contributed by atoms with van der Waals surface area (Å²) in [5.74, 6) is 1.17. The third kappa shape index (κ3) is 4.30. The van der Waals surface area contributed by atoms with Crippen LogP contribution >= 0.6 is 0 Å². The van der Waals surface area contributed by atoms with Crippen LogP contribution in [0.1, 0.15) is 60.9 Å². The molecule has 1 aromatic heterocycles. The van der Waals surface area contributed by atoms with Crippen molar-refractivity contribution in [2.75, 3.05) is 5.32 Å². The molecule has 0 unspecified atom stereocenters. The van der Waals surface area contributed by atoms with Crippen molar-refractivity contribution in [1.29, 1.82) is 5.26 Å². The molecule has 0 radical (unpaired) electrons. The molecule has 1 heterocycles. The second-order valence-electron chi connectivity index (χ2n) is 7.61. The van der Waals surface area contributed by atoms with Gasteiger partial charge in [-0.3, -0.25) is 0 Å². The SMILES string of the molecule is Cc1c(C#N)ccc(N[C@@H](c2nnc(-c3ccc(C(C)C)cc3)o2)[C@H](C)O)c1C. The van der Waals surface area contributed by atoms with Crippen LogP contribution in [0.15, 0.2) is 40.8 Å². The lowest BCUT2D eigenvalue weighted by Crippen LogP contribution is -2.23. The van der Waals surface area contributed by atoms with Gasteiger partial charge in [0.15, 0.2) is 0 Å². The van der Waals surface area contributed by atoms with Gasteiger partial charge in [0.05, 0.1) is 17.7 Å². The highest BCUT2D eigenvalue weighted by Gasteiger charge is 2.25. The van der Waals surface area contributed by atoms with E-state index in [9.17, 15) is 10.4 Å². The van der Waals surface area contributed by atoms with Crippen LogP contribution in [0.3, 0.4) is 0 Å². The highest BCUT2D eigenvalue weighted by molar-refractivity contribution is 5.59. The minimum absolute atomic E-state index is 0.310. The molecule has 150 valence electrons. The van der Waals surface area contributed by atoms with Crippen molar-refractivity contribution < 1.29 is 9.52 Å². The molecule has 0 spiro atoms. The molecule has 2 aromatic carbocycles. The van der Waals surface area contributed by atoms with Crippen molar-refractivity contribution in [3.05, 3.63) is 64.5 Å². The standard InChI is InChI=1S/C23H26N4O2/c1-13(2)17-6-8-18(9-7-17)22-26-27-23(29-22)21(16(5)28)25-20-11-10-19(12-24)14(3)15(20)4/h6-11,13,16,21,25,28H,1-5H3/t16-,21+/m0/s1. The fourth-order valence-corrected chi connectivity index (χ4v) is 3.14. The van der Waals surface area contributed by atoms with Gasteiger partial charge >= 0.3 is 0 Å². The Bertz CT molecular complexity index is 1030. The fraction of sp³-hybridized carbons (Fsp3) is 0.348. The highest BCUT2D eigenvalue weighted by atomic mass is 16.4. The Morgan fingerprint density at radius 3 is 2.28 bits per heavy atom. The molecule has 0 saturated heterocycles. The van der Waals surface area contributed by atoms with E-state index < -0.39 is 12.1 Å². The molecular weight excluding hydrogens is 364 g/mol. The van der Waals surface area contributed by atoms with E-state index in [1.165, 1.54) is 5.56 Å². The molecule has 2 N–H and O–H groups in total. The minimum Gasteiger partial charge on any atom is -0.418 e. The van der Waals surface area contributed by atoms with Crippen molar-refractivity contribution >= 4 is 5.69 Å². The summed E-state index contributed by atoms with van der Waals surface area (Å²) in [5, 5.41) is 31.1. The number of nitriles is 1. The fourth-order valence-electron chi connectivity index (χ4n) is 3.14. The van der Waals surface area contributed by atoms with E-state index in [-0.39, 0.29) is 0 Å². The average Bonchev–Trinajstić information content (AvgIpc) is 3.18. The molecule has 2 atom stereocenters. The Labute approximate surface area is 171 Å². The number of rotatable bonds is 6. The number of nitrogens with zero attached hydrogens (tertiary/aromatic N) is 3. The molecule has 3 rings (SSSR count). The average molecular weight is 390 g/mol. The third-order valence-electron chi connectivity index (χ3n) is 5.23. The zero-order valence-electron chi connectivity index (χ0n) is 17.4. The molecule has 3 aromatic rings. The van der Waals surface area contributed by atoms with Gasteiger partial charge < -0.3 is 14.8 Å². The van der Waals surface area contributed by atoms with Crippen LogP contribution in [0.25, 0.3) is 11.5 Å². The van der Waals surface area contributed by atoms with E-state index in [1.807, 2.05) is 32.0 Å². The van der Waals surface area contributed by atoms with Gasteiger partial charge in [0, 0.05) is 11.3 Å². The van der Waals surface area contributed by atoms with E-state index >= 15 is 0 Å². The first-order valence-electron chi connectivity index (χ1n) is 9.70. The zero-order chi connectivity index (χ0) is 21.1. The van der Waals surface area contributed by atoms with E-state index in [0.29, 0.717) is 23.3 Å². The number of hydrogen-bond donors (Lipinski definition) is 2. The largest absolute Gasteiger partial charge is 0.418 e. The van der Waals surface area contributed by atoms with Gasteiger partial charge in [-0.1, -0.05) is 26.0 Å². The lowest BCUT2D eigenvalue weighted by atomic mass is 10.0. The summed E-state index contributed by atoms with van der Waals surface area (Å²) in [6.07, 6.45) is -0.762. The second-order valence-corrected chi connectivity index (χ2v) is 7.61. The van der Waals surface area contributed by atoms with Crippen LogP contribution in [0, 0.1) is 25.2 Å². The molecular formula is C23H26N4O2. The maximum absolute atomic E-state index is 10.3. The van der Waals surface area contributed by atoms with Gasteiger partial charge in [0.1, 0.15) is 6.04 Å². The number of aliphatic hydroxyl groups excluding tert-OH is 1. The van der Waals surface area contributed by atoms with E-state index in [0.717, 1.165) is 22.4 Å². The van der Waals surface area contributed by atoms with Crippen LogP contribution in [0.4, 0.5) is 5.69 Å². The van der Waals surface area contributed by atoms with E-state index in [1.54, 1.807) is 13.0 Å². The predicted octanol–water partition coefficient (Wildman–Crippen LogP) is 4.88. The molecule has 0 aliphatic rings. The summed E-state index contributed by atoms with van der Waals surface area (Å²) < 4.78 is 5.88. The molecule has 6 nitrogen and oxygen atoms in total. The Balaban J connectivity index is 1.88. The first-order valence-corrected chi connectivity index (χ1v) is 9.70. The lowest BCUT2D eigenvalue weighted by molar-refractivity contribution is 0.159. The number of aromatic nitrogens is 2. The maximum atomic E-state index is 10.3. The monoisotopic (exact) mass is 390 g/mol. The number of aliphatic hydroxyl groups is 1. The first kappa shape index (κ1) is 20.6. The summed E-state index contributed by atoms with van der Waals surface area (Å²) in [6, 6.07) is 13.2. The summed E-state index contributed by atoms with van der Waals surface area (Å²) >= 11 is 0. The zero-order valence-corrected chi connectivity index (χ0v) is 17.4. The van der Waals surface area contributed by atoms with Crippen LogP contribution < -0.4 is 5.32 Å². The number of benzene rings is 2. The normalized spacial score (nSPS) is 13.2. The Hall–Kier alpha value is -3.17. The number of anilines is 1. The Morgan fingerprint density at radius 1 is 1.00 bits per heavy atom. The molecule has 0 aliphatic heterocycles. The van der Waals surface area contributed by atoms with E-state index in [2.05, 4.69) is 47.6 Å². The van der Waals surface area contributed by atoms with Crippen molar-refractivity contribution in [2.45, 2.75) is 52.7 Å². The van der Waals surface area contributed by atoms with Crippen molar-refractivity contribution in [2.24, 2.45) is 0 Å². The Morgan fingerprint density at radius 2 is 1.69 bits per heavy atom. The molecule has 0 amide bonds. The van der Waals surface area contributed by atoms with Gasteiger partial charge in [0.25, 0.3) is 0 Å². The summed E-state index contributed by atoms with van der Waals surface area (Å²) in [4.78, 5) is 0. The second kappa shape index (κ2) is 8.46. The smallest absolute Gasteiger partial charge is 0.247 e. The predicted molar refractivity (Wildman–Crippen MR) is 112 cm³/mol. The van der Waals surface area contributed by atoms with Crippen molar-refractivity contribution in [3.63, 3.8) is 0 Å². The van der Waals surface area contributed by atoms with Crippen molar-refractivity contribution in [3.8, 4) is 17.5 Å². The summed E-state index contributed by atoms with van der Waals surface area (Å²) in [6.45, 7) is 9.80. The quantitative estimate of drug-likeness (QED) is 0.623. The van der Waals surface area contributed by atoms with Crippen LogP contribution in [0.5, 0.6) is 0 Å². The van der Waals surface area contributed by atoms with Gasteiger partial charge in [-0.05, 0) is 67.6 Å². The first-order chi connectivity index (χ1) is 13.8. The highest BCUT2D eigenvalue weighted by Crippen LogP contribution is 2.29. The lowest BCUT2D eigenvalue weighted by Gasteiger charge is -2.21. The molecule has 0 aliphatic carbocycles. The maximum Gasteiger partial charge on any atom is 0.247 e. The molecule has 0 fully saturated rings. The number of nitrogens with one attached hydrogen (secondary N) is 1. The summed E-state index contributed by atoms with van der Waals surface area (Å²) in [7, 11) is 0. The van der Waals surface area contributed by atoms with Crippen molar-refractivity contribution in [1.82, 2.24) is 10.2 Å². The van der Waals surface area contributed by atoms with Crippen LogP contribution in [0.2, 0.25) is 0 Å². The van der Waals surface area contributed by atoms with Gasteiger partial charge in [-0.15, -0.1) is 10.2 Å². The number of hydrogen-bond acceptors (Lipinski definition) is 6. The molecule has 6 heteroatoms. The third-order valence-corrected chi connectivity index (χ3v) is 5.23.